The Hall–Kier alpha value is -2.36. The summed E-state index contributed by atoms with van der Waals surface area (Å²) in [6, 6.07) is 14.0. The molecule has 1 aromatic heterocycles. The maximum Gasteiger partial charge on any atom is 0.356 e. The topological polar surface area (TPSA) is 53.4 Å². The first-order valence-electron chi connectivity index (χ1n) is 6.74. The van der Waals surface area contributed by atoms with Crippen LogP contribution in [-0.2, 0) is 0 Å². The van der Waals surface area contributed by atoms with Crippen LogP contribution >= 0.6 is 0 Å². The Labute approximate surface area is 117 Å². The molecule has 1 aromatic carbocycles. The van der Waals surface area contributed by atoms with Crippen molar-refractivity contribution < 1.29 is 9.90 Å². The van der Waals surface area contributed by atoms with Crippen molar-refractivity contribution in [3.63, 3.8) is 0 Å². The summed E-state index contributed by atoms with van der Waals surface area (Å²) in [6.45, 7) is 1.71. The minimum atomic E-state index is -0.969. The summed E-state index contributed by atoms with van der Waals surface area (Å²) in [4.78, 5) is 17.3. The second-order valence-electron chi connectivity index (χ2n) is 5.02. The lowest BCUT2D eigenvalue weighted by molar-refractivity contribution is 0.0691. The number of aromatic carboxylic acids is 1. The Bertz CT molecular complexity index is 613. The van der Waals surface area contributed by atoms with Crippen LogP contribution in [0.4, 0.5) is 5.69 Å². The molecule has 0 aliphatic carbocycles. The molecule has 20 heavy (non-hydrogen) atoms. The molecular weight excluding hydrogens is 252 g/mol. The number of aromatic nitrogens is 1. The third-order valence-electron chi connectivity index (χ3n) is 3.79. The van der Waals surface area contributed by atoms with Crippen LogP contribution in [0.1, 0.15) is 28.4 Å². The first-order chi connectivity index (χ1) is 9.75. The number of carboxylic acid groups (broad SMARTS) is 1. The van der Waals surface area contributed by atoms with E-state index in [1.165, 1.54) is 11.8 Å². The van der Waals surface area contributed by atoms with E-state index in [-0.39, 0.29) is 5.69 Å². The van der Waals surface area contributed by atoms with E-state index in [0.29, 0.717) is 5.92 Å². The molecule has 0 amide bonds. The molecule has 0 saturated carbocycles. The highest BCUT2D eigenvalue weighted by atomic mass is 16.4. The summed E-state index contributed by atoms with van der Waals surface area (Å²) in [5, 5.41) is 9.22. The molecule has 4 heteroatoms. The molecule has 1 unspecified atom stereocenters. The number of carboxylic acids is 1. The summed E-state index contributed by atoms with van der Waals surface area (Å²) in [7, 11) is 0. The third-order valence-corrected chi connectivity index (χ3v) is 3.79. The Morgan fingerprint density at radius 1 is 1.20 bits per heavy atom. The molecule has 102 valence electrons. The molecule has 1 aliphatic rings. The average molecular weight is 268 g/mol. The summed E-state index contributed by atoms with van der Waals surface area (Å²) < 4.78 is 0. The van der Waals surface area contributed by atoms with Crippen LogP contribution in [0.3, 0.4) is 0 Å². The zero-order chi connectivity index (χ0) is 13.9. The van der Waals surface area contributed by atoms with E-state index in [4.69, 9.17) is 0 Å². The predicted octanol–water partition coefficient (Wildman–Crippen LogP) is 2.77. The van der Waals surface area contributed by atoms with Gasteiger partial charge >= 0.3 is 5.97 Å². The second kappa shape index (κ2) is 5.33. The number of pyridine rings is 1. The van der Waals surface area contributed by atoms with E-state index in [1.807, 2.05) is 24.3 Å². The molecule has 1 saturated heterocycles. The van der Waals surface area contributed by atoms with Crippen molar-refractivity contribution in [3.8, 4) is 0 Å². The molecule has 2 aromatic rings. The van der Waals surface area contributed by atoms with E-state index in [0.717, 1.165) is 25.2 Å². The SMILES string of the molecule is O=C(O)c1ncccc1N1CCC(c2ccccc2)C1. The Balaban J connectivity index is 1.83. The number of anilines is 1. The highest BCUT2D eigenvalue weighted by Gasteiger charge is 2.26. The summed E-state index contributed by atoms with van der Waals surface area (Å²) >= 11 is 0. The lowest BCUT2D eigenvalue weighted by Gasteiger charge is -2.20. The fraction of sp³-hybridized carbons (Fsp3) is 0.250. The van der Waals surface area contributed by atoms with Gasteiger partial charge in [-0.15, -0.1) is 0 Å². The van der Waals surface area contributed by atoms with Gasteiger partial charge in [0.15, 0.2) is 5.69 Å². The van der Waals surface area contributed by atoms with Gasteiger partial charge in [0, 0.05) is 25.2 Å². The monoisotopic (exact) mass is 268 g/mol. The maximum atomic E-state index is 11.2. The third kappa shape index (κ3) is 2.37. The standard InChI is InChI=1S/C16H16N2O2/c19-16(20)15-14(7-4-9-17-15)18-10-8-13(11-18)12-5-2-1-3-6-12/h1-7,9,13H,8,10-11H2,(H,19,20). The van der Waals surface area contributed by atoms with Crippen molar-refractivity contribution in [1.82, 2.24) is 4.98 Å². The van der Waals surface area contributed by atoms with Crippen molar-refractivity contribution in [2.24, 2.45) is 0 Å². The number of carbonyl (C=O) groups is 1. The van der Waals surface area contributed by atoms with Crippen molar-refractivity contribution in [2.45, 2.75) is 12.3 Å². The first kappa shape index (κ1) is 12.7. The summed E-state index contributed by atoms with van der Waals surface area (Å²) in [5.41, 5.74) is 2.18. The molecule has 3 rings (SSSR count). The largest absolute Gasteiger partial charge is 0.476 e. The van der Waals surface area contributed by atoms with E-state index < -0.39 is 5.97 Å². The quantitative estimate of drug-likeness (QED) is 0.930. The molecule has 1 aliphatic heterocycles. The lowest BCUT2D eigenvalue weighted by Crippen LogP contribution is -2.22. The number of rotatable bonds is 3. The zero-order valence-corrected chi connectivity index (χ0v) is 11.1. The van der Waals surface area contributed by atoms with Gasteiger partial charge in [0.05, 0.1) is 5.69 Å². The van der Waals surface area contributed by atoms with Gasteiger partial charge in [-0.3, -0.25) is 0 Å². The van der Waals surface area contributed by atoms with E-state index in [2.05, 4.69) is 22.0 Å². The average Bonchev–Trinajstić information content (AvgIpc) is 2.98. The van der Waals surface area contributed by atoms with Crippen LogP contribution in [0.5, 0.6) is 0 Å². The van der Waals surface area contributed by atoms with Gasteiger partial charge in [0.2, 0.25) is 0 Å². The van der Waals surface area contributed by atoms with Gasteiger partial charge in [-0.25, -0.2) is 9.78 Å². The highest BCUT2D eigenvalue weighted by Crippen LogP contribution is 2.31. The number of benzene rings is 1. The van der Waals surface area contributed by atoms with Crippen molar-refractivity contribution in [2.75, 3.05) is 18.0 Å². The number of hydrogen-bond donors (Lipinski definition) is 1. The van der Waals surface area contributed by atoms with Crippen LogP contribution < -0.4 is 4.90 Å². The normalized spacial score (nSPS) is 18.2. The molecule has 0 spiro atoms. The van der Waals surface area contributed by atoms with E-state index in [1.54, 1.807) is 6.07 Å². The fourth-order valence-electron chi connectivity index (χ4n) is 2.79. The maximum absolute atomic E-state index is 11.2. The molecule has 4 nitrogen and oxygen atoms in total. The van der Waals surface area contributed by atoms with Crippen LogP contribution in [0.2, 0.25) is 0 Å². The summed E-state index contributed by atoms with van der Waals surface area (Å²) in [5.74, 6) is -0.512. The smallest absolute Gasteiger partial charge is 0.356 e. The summed E-state index contributed by atoms with van der Waals surface area (Å²) in [6.07, 6.45) is 2.57. The van der Waals surface area contributed by atoms with Crippen LogP contribution in [0.15, 0.2) is 48.7 Å². The lowest BCUT2D eigenvalue weighted by atomic mass is 9.99. The predicted molar refractivity (Wildman–Crippen MR) is 77.2 cm³/mol. The van der Waals surface area contributed by atoms with Crippen LogP contribution in [-0.4, -0.2) is 29.1 Å². The minimum absolute atomic E-state index is 0.140. The van der Waals surface area contributed by atoms with E-state index in [9.17, 15) is 9.90 Å². The minimum Gasteiger partial charge on any atom is -0.476 e. The molecule has 1 N–H and O–H groups in total. The molecular formula is C16H16N2O2. The number of hydrogen-bond acceptors (Lipinski definition) is 3. The molecule has 0 bridgehead atoms. The fourth-order valence-corrected chi connectivity index (χ4v) is 2.79. The van der Waals surface area contributed by atoms with E-state index >= 15 is 0 Å². The molecule has 0 radical (unpaired) electrons. The van der Waals surface area contributed by atoms with Gasteiger partial charge in [0.25, 0.3) is 0 Å². The van der Waals surface area contributed by atoms with Crippen molar-refractivity contribution in [3.05, 3.63) is 59.9 Å². The van der Waals surface area contributed by atoms with Crippen molar-refractivity contribution in [1.29, 1.82) is 0 Å². The molecule has 2 heterocycles. The Morgan fingerprint density at radius 3 is 2.75 bits per heavy atom. The van der Waals surface area contributed by atoms with Gasteiger partial charge < -0.3 is 10.0 Å². The Kier molecular flexibility index (Phi) is 3.37. The second-order valence-corrected chi connectivity index (χ2v) is 5.02. The van der Waals surface area contributed by atoms with Crippen molar-refractivity contribution >= 4 is 11.7 Å². The van der Waals surface area contributed by atoms with Gasteiger partial charge in [-0.2, -0.15) is 0 Å². The van der Waals surface area contributed by atoms with Gasteiger partial charge in [-0.05, 0) is 24.1 Å². The highest BCUT2D eigenvalue weighted by molar-refractivity contribution is 5.92. The molecule has 1 atom stereocenters. The van der Waals surface area contributed by atoms with Crippen LogP contribution in [0, 0.1) is 0 Å². The van der Waals surface area contributed by atoms with Gasteiger partial charge in [0.1, 0.15) is 0 Å². The zero-order valence-electron chi connectivity index (χ0n) is 11.1. The Morgan fingerprint density at radius 2 is 2.00 bits per heavy atom. The van der Waals surface area contributed by atoms with Crippen LogP contribution in [0.25, 0.3) is 0 Å². The number of nitrogens with zero attached hydrogens (tertiary/aromatic N) is 2. The molecule has 1 fully saturated rings. The van der Waals surface area contributed by atoms with Gasteiger partial charge in [-0.1, -0.05) is 30.3 Å². The first-order valence-corrected chi connectivity index (χ1v) is 6.74.